The summed E-state index contributed by atoms with van der Waals surface area (Å²) in [7, 11) is 0. The van der Waals surface area contributed by atoms with Gasteiger partial charge in [-0.15, -0.1) is 11.3 Å². The van der Waals surface area contributed by atoms with E-state index in [1.807, 2.05) is 12.1 Å². The molecule has 0 aliphatic heterocycles. The minimum absolute atomic E-state index is 0.0821. The van der Waals surface area contributed by atoms with Crippen molar-refractivity contribution in [1.29, 1.82) is 0 Å². The predicted molar refractivity (Wildman–Crippen MR) is 90.3 cm³/mol. The molecule has 1 N–H and O–H groups in total. The third-order valence-electron chi connectivity index (χ3n) is 3.85. The molecule has 1 aliphatic carbocycles. The van der Waals surface area contributed by atoms with Gasteiger partial charge in [0.15, 0.2) is 0 Å². The normalized spacial score (nSPS) is 16.1. The molecular formula is C17H19BrFNS. The summed E-state index contributed by atoms with van der Waals surface area (Å²) in [4.78, 5) is 1.36. The van der Waals surface area contributed by atoms with Gasteiger partial charge in [0, 0.05) is 20.8 Å². The molecule has 1 saturated carbocycles. The lowest BCUT2D eigenvalue weighted by molar-refractivity contribution is 0.461. The maximum Gasteiger partial charge on any atom is 0.126 e. The molecule has 1 nitrogen and oxygen atoms in total. The van der Waals surface area contributed by atoms with Crippen molar-refractivity contribution in [2.24, 2.45) is 5.92 Å². The van der Waals surface area contributed by atoms with Gasteiger partial charge in [0.25, 0.3) is 0 Å². The van der Waals surface area contributed by atoms with Crippen LogP contribution in [0.4, 0.5) is 4.39 Å². The highest BCUT2D eigenvalue weighted by molar-refractivity contribution is 9.10. The molecule has 4 heteroatoms. The van der Waals surface area contributed by atoms with Gasteiger partial charge in [-0.05, 0) is 71.8 Å². The molecular weight excluding hydrogens is 349 g/mol. The molecule has 1 heterocycles. The fourth-order valence-corrected chi connectivity index (χ4v) is 4.12. The Morgan fingerprint density at radius 1 is 1.29 bits per heavy atom. The number of hydrogen-bond acceptors (Lipinski definition) is 2. The highest BCUT2D eigenvalue weighted by Crippen LogP contribution is 2.25. The summed E-state index contributed by atoms with van der Waals surface area (Å²) < 4.78 is 15.0. The van der Waals surface area contributed by atoms with Crippen LogP contribution in [0.2, 0.25) is 0 Å². The molecule has 1 unspecified atom stereocenters. The van der Waals surface area contributed by atoms with E-state index in [9.17, 15) is 4.39 Å². The molecule has 3 rings (SSSR count). The van der Waals surface area contributed by atoms with Crippen LogP contribution in [0, 0.1) is 11.7 Å². The van der Waals surface area contributed by atoms with Crippen LogP contribution in [0.15, 0.2) is 40.2 Å². The van der Waals surface area contributed by atoms with Crippen LogP contribution < -0.4 is 5.32 Å². The number of nitrogens with one attached hydrogen (secondary N) is 1. The molecule has 1 aliphatic rings. The molecule has 21 heavy (non-hydrogen) atoms. The first-order chi connectivity index (χ1) is 10.2. The zero-order chi connectivity index (χ0) is 14.7. The smallest absolute Gasteiger partial charge is 0.126 e. The van der Waals surface area contributed by atoms with Crippen molar-refractivity contribution in [3.63, 3.8) is 0 Å². The molecule has 112 valence electrons. The van der Waals surface area contributed by atoms with Crippen LogP contribution >= 0.6 is 27.3 Å². The van der Waals surface area contributed by atoms with Gasteiger partial charge in [0.1, 0.15) is 5.82 Å². The first-order valence-corrected chi connectivity index (χ1v) is 9.07. The minimum Gasteiger partial charge on any atom is -0.314 e. The van der Waals surface area contributed by atoms with E-state index in [1.165, 1.54) is 17.7 Å². The maximum absolute atomic E-state index is 13.9. The molecule has 0 amide bonds. The summed E-state index contributed by atoms with van der Waals surface area (Å²) in [5.74, 6) is 0.356. The van der Waals surface area contributed by atoms with E-state index in [0.29, 0.717) is 12.0 Å². The average molecular weight is 368 g/mol. The van der Waals surface area contributed by atoms with Gasteiger partial charge in [-0.25, -0.2) is 4.39 Å². The third-order valence-corrected chi connectivity index (χ3v) is 5.57. The van der Waals surface area contributed by atoms with Crippen molar-refractivity contribution in [3.05, 3.63) is 56.4 Å². The van der Waals surface area contributed by atoms with E-state index in [4.69, 9.17) is 0 Å². The third kappa shape index (κ3) is 4.63. The van der Waals surface area contributed by atoms with Crippen molar-refractivity contribution < 1.29 is 4.39 Å². The van der Waals surface area contributed by atoms with Crippen LogP contribution in [0.3, 0.4) is 0 Å². The van der Waals surface area contributed by atoms with Crippen molar-refractivity contribution in [1.82, 2.24) is 5.32 Å². The van der Waals surface area contributed by atoms with Gasteiger partial charge in [0.2, 0.25) is 0 Å². The van der Waals surface area contributed by atoms with E-state index in [-0.39, 0.29) is 5.82 Å². The molecule has 0 spiro atoms. The van der Waals surface area contributed by atoms with Gasteiger partial charge in [-0.1, -0.05) is 18.2 Å². The number of halogens is 2. The molecule has 0 radical (unpaired) electrons. The van der Waals surface area contributed by atoms with Gasteiger partial charge >= 0.3 is 0 Å². The van der Waals surface area contributed by atoms with Gasteiger partial charge in [-0.2, -0.15) is 0 Å². The quantitative estimate of drug-likeness (QED) is 0.740. The van der Waals surface area contributed by atoms with Crippen LogP contribution in [0.5, 0.6) is 0 Å². The Morgan fingerprint density at radius 2 is 2.10 bits per heavy atom. The summed E-state index contributed by atoms with van der Waals surface area (Å²) in [5.41, 5.74) is 0.829. The molecule has 0 bridgehead atoms. The summed E-state index contributed by atoms with van der Waals surface area (Å²) in [6, 6.07) is 10.0. The highest BCUT2D eigenvalue weighted by atomic mass is 79.9. The lowest BCUT2D eigenvalue weighted by atomic mass is 9.95. The van der Waals surface area contributed by atoms with Crippen molar-refractivity contribution in [2.75, 3.05) is 6.54 Å². The maximum atomic E-state index is 13.9. The van der Waals surface area contributed by atoms with Gasteiger partial charge in [0.05, 0.1) is 0 Å². The fraction of sp³-hybridized carbons (Fsp3) is 0.412. The average Bonchev–Trinajstić information content (AvgIpc) is 3.21. The molecule has 1 fully saturated rings. The second-order valence-corrected chi connectivity index (χ2v) is 7.69. The summed E-state index contributed by atoms with van der Waals surface area (Å²) >= 11 is 5.28. The first-order valence-electron chi connectivity index (χ1n) is 7.40. The molecule has 1 atom stereocenters. The minimum atomic E-state index is -0.0821. The van der Waals surface area contributed by atoms with E-state index in [0.717, 1.165) is 29.4 Å². The Balaban J connectivity index is 1.67. The monoisotopic (exact) mass is 367 g/mol. The van der Waals surface area contributed by atoms with Crippen LogP contribution in [0.25, 0.3) is 0 Å². The second kappa shape index (κ2) is 7.03. The highest BCUT2D eigenvalue weighted by Gasteiger charge is 2.22. The summed E-state index contributed by atoms with van der Waals surface area (Å²) in [5, 5.41) is 5.71. The first kappa shape index (κ1) is 15.2. The predicted octanol–water partition coefficient (Wildman–Crippen LogP) is 4.80. The number of benzene rings is 1. The largest absolute Gasteiger partial charge is 0.314 e. The molecule has 0 saturated heterocycles. The Bertz CT molecular complexity index is 594. The lowest BCUT2D eigenvalue weighted by Crippen LogP contribution is -2.27. The van der Waals surface area contributed by atoms with Crippen molar-refractivity contribution in [2.45, 2.75) is 31.7 Å². The van der Waals surface area contributed by atoms with Crippen LogP contribution in [-0.4, -0.2) is 12.6 Å². The second-order valence-electron chi connectivity index (χ2n) is 5.78. The topological polar surface area (TPSA) is 12.0 Å². The Hall–Kier alpha value is -0.710. The van der Waals surface area contributed by atoms with Crippen molar-refractivity contribution >= 4 is 27.3 Å². The van der Waals surface area contributed by atoms with Crippen molar-refractivity contribution in [3.8, 4) is 0 Å². The van der Waals surface area contributed by atoms with Crippen LogP contribution in [-0.2, 0) is 12.8 Å². The lowest BCUT2D eigenvalue weighted by Gasteiger charge is -2.17. The van der Waals surface area contributed by atoms with Crippen LogP contribution in [0.1, 0.15) is 23.3 Å². The standard InChI is InChI=1S/C17H19BrFNS/c18-14-9-16(21-11-14)8-12(10-20-15-5-6-15)7-13-3-1-2-4-17(13)19/h1-4,9,11-12,15,20H,5-8,10H2. The number of thiophene rings is 1. The molecule has 1 aromatic heterocycles. The van der Waals surface area contributed by atoms with Gasteiger partial charge < -0.3 is 5.32 Å². The van der Waals surface area contributed by atoms with Gasteiger partial charge in [-0.3, -0.25) is 0 Å². The Morgan fingerprint density at radius 3 is 2.76 bits per heavy atom. The Kier molecular flexibility index (Phi) is 5.09. The zero-order valence-corrected chi connectivity index (χ0v) is 14.2. The molecule has 1 aromatic carbocycles. The van der Waals surface area contributed by atoms with E-state index in [1.54, 1.807) is 23.5 Å². The number of rotatable bonds is 7. The SMILES string of the molecule is Fc1ccccc1CC(CNC1CC1)Cc1cc(Br)cs1. The molecule has 2 aromatic rings. The summed E-state index contributed by atoms with van der Waals surface area (Å²) in [6.45, 7) is 0.967. The van der Waals surface area contributed by atoms with E-state index >= 15 is 0 Å². The fourth-order valence-electron chi connectivity index (χ4n) is 2.56. The Labute approximate surface area is 137 Å². The van der Waals surface area contributed by atoms with E-state index < -0.39 is 0 Å². The summed E-state index contributed by atoms with van der Waals surface area (Å²) in [6.07, 6.45) is 4.38. The zero-order valence-electron chi connectivity index (χ0n) is 11.8. The van der Waals surface area contributed by atoms with E-state index in [2.05, 4.69) is 32.7 Å². The number of hydrogen-bond donors (Lipinski definition) is 1.